The van der Waals surface area contributed by atoms with Crippen LogP contribution >= 0.6 is 11.8 Å². The zero-order valence-electron chi connectivity index (χ0n) is 16.5. The first-order chi connectivity index (χ1) is 14.1. The van der Waals surface area contributed by atoms with E-state index in [2.05, 4.69) is 5.32 Å². The van der Waals surface area contributed by atoms with Gasteiger partial charge in [-0.05, 0) is 74.0 Å². The summed E-state index contributed by atoms with van der Waals surface area (Å²) in [6.45, 7) is 4.44. The molecule has 0 bridgehead atoms. The van der Waals surface area contributed by atoms with E-state index >= 15 is 0 Å². The number of Topliss-reactive ketones (excluding diaryl/α,β-unsaturated/α-hetero) is 1. The highest BCUT2D eigenvalue weighted by Crippen LogP contribution is 2.23. The summed E-state index contributed by atoms with van der Waals surface area (Å²) < 4.78 is 5.40. The van der Waals surface area contributed by atoms with Gasteiger partial charge in [-0.1, -0.05) is 18.2 Å². The molecule has 29 heavy (non-hydrogen) atoms. The smallest absolute Gasteiger partial charge is 0.255 e. The predicted octanol–water partition coefficient (Wildman–Crippen LogP) is 5.62. The normalized spacial score (nSPS) is 10.4. The Kier molecular flexibility index (Phi) is 7.09. The molecule has 3 rings (SSSR count). The lowest BCUT2D eigenvalue weighted by atomic mass is 10.1. The van der Waals surface area contributed by atoms with Crippen LogP contribution in [0.2, 0.25) is 0 Å². The lowest BCUT2D eigenvalue weighted by molar-refractivity contribution is 0.101. The second-order valence-corrected chi connectivity index (χ2v) is 7.51. The number of benzene rings is 3. The van der Waals surface area contributed by atoms with Crippen LogP contribution in [0.1, 0.15) is 33.2 Å². The van der Waals surface area contributed by atoms with Gasteiger partial charge in [0.25, 0.3) is 5.91 Å². The average molecular weight is 406 g/mol. The lowest BCUT2D eigenvalue weighted by Crippen LogP contribution is -2.13. The molecular formula is C24H23NO3S. The Morgan fingerprint density at radius 2 is 1.62 bits per heavy atom. The molecule has 3 aromatic carbocycles. The van der Waals surface area contributed by atoms with E-state index in [1.54, 1.807) is 18.2 Å². The molecule has 0 saturated carbocycles. The van der Waals surface area contributed by atoms with Crippen LogP contribution in [0.3, 0.4) is 0 Å². The van der Waals surface area contributed by atoms with Crippen LogP contribution in [0.15, 0.2) is 77.7 Å². The Balaban J connectivity index is 1.54. The van der Waals surface area contributed by atoms with Gasteiger partial charge in [0.05, 0.1) is 12.4 Å². The molecule has 148 valence electrons. The minimum atomic E-state index is -0.130. The van der Waals surface area contributed by atoms with E-state index in [0.29, 0.717) is 23.5 Å². The van der Waals surface area contributed by atoms with Crippen molar-refractivity contribution < 1.29 is 14.3 Å². The molecule has 0 fully saturated rings. The summed E-state index contributed by atoms with van der Waals surface area (Å²) in [5, 5.41) is 2.91. The first-order valence-corrected chi connectivity index (χ1v) is 10.4. The van der Waals surface area contributed by atoms with E-state index in [9.17, 15) is 9.59 Å². The minimum absolute atomic E-state index is 0.0648. The summed E-state index contributed by atoms with van der Waals surface area (Å²) in [6, 6.07) is 22.2. The van der Waals surface area contributed by atoms with Crippen molar-refractivity contribution in [1.29, 1.82) is 0 Å². The third-order valence-electron chi connectivity index (χ3n) is 4.36. The Hall–Kier alpha value is -3.05. The molecule has 0 saturated heterocycles. The van der Waals surface area contributed by atoms with Crippen molar-refractivity contribution >= 4 is 29.1 Å². The van der Waals surface area contributed by atoms with Crippen molar-refractivity contribution in [2.24, 2.45) is 0 Å². The zero-order valence-corrected chi connectivity index (χ0v) is 17.3. The number of hydrogen-bond donors (Lipinski definition) is 1. The van der Waals surface area contributed by atoms with Gasteiger partial charge >= 0.3 is 0 Å². The highest BCUT2D eigenvalue weighted by atomic mass is 32.2. The monoisotopic (exact) mass is 405 g/mol. The van der Waals surface area contributed by atoms with Crippen LogP contribution < -0.4 is 10.1 Å². The number of ketones is 1. The van der Waals surface area contributed by atoms with Gasteiger partial charge in [-0.15, -0.1) is 11.8 Å². The van der Waals surface area contributed by atoms with Crippen LogP contribution in [0.5, 0.6) is 5.75 Å². The van der Waals surface area contributed by atoms with Crippen molar-refractivity contribution in [1.82, 2.24) is 0 Å². The average Bonchev–Trinajstić information content (AvgIpc) is 2.74. The summed E-state index contributed by atoms with van der Waals surface area (Å²) >= 11 is 1.47. The van der Waals surface area contributed by atoms with E-state index in [0.717, 1.165) is 21.9 Å². The van der Waals surface area contributed by atoms with Gasteiger partial charge in [0.15, 0.2) is 5.78 Å². The second-order valence-electron chi connectivity index (χ2n) is 6.46. The van der Waals surface area contributed by atoms with Gasteiger partial charge in [-0.2, -0.15) is 0 Å². The molecule has 3 aromatic rings. The molecule has 1 N–H and O–H groups in total. The maximum absolute atomic E-state index is 12.4. The van der Waals surface area contributed by atoms with Crippen LogP contribution in [0.4, 0.5) is 5.69 Å². The zero-order chi connectivity index (χ0) is 20.6. The number of thioether (sulfide) groups is 1. The van der Waals surface area contributed by atoms with E-state index in [1.165, 1.54) is 11.8 Å². The second kappa shape index (κ2) is 9.94. The van der Waals surface area contributed by atoms with Crippen molar-refractivity contribution in [3.8, 4) is 5.75 Å². The highest BCUT2D eigenvalue weighted by Gasteiger charge is 2.10. The number of amides is 1. The Bertz CT molecular complexity index is 982. The minimum Gasteiger partial charge on any atom is -0.494 e. The first kappa shape index (κ1) is 20.7. The van der Waals surface area contributed by atoms with Gasteiger partial charge in [0.2, 0.25) is 0 Å². The first-order valence-electron chi connectivity index (χ1n) is 9.42. The van der Waals surface area contributed by atoms with Crippen molar-refractivity contribution in [3.05, 3.63) is 89.5 Å². The maximum atomic E-state index is 12.4. The van der Waals surface area contributed by atoms with Crippen LogP contribution in [-0.2, 0) is 0 Å². The molecule has 1 amide bonds. The summed E-state index contributed by atoms with van der Waals surface area (Å²) in [5.41, 5.74) is 2.99. The lowest BCUT2D eigenvalue weighted by Gasteiger charge is -2.08. The maximum Gasteiger partial charge on any atom is 0.255 e. The fourth-order valence-electron chi connectivity index (χ4n) is 2.80. The van der Waals surface area contributed by atoms with Crippen molar-refractivity contribution in [2.45, 2.75) is 18.7 Å². The Morgan fingerprint density at radius 1 is 0.931 bits per heavy atom. The van der Waals surface area contributed by atoms with Crippen LogP contribution in [-0.4, -0.2) is 24.1 Å². The number of anilines is 1. The van der Waals surface area contributed by atoms with Gasteiger partial charge in [0, 0.05) is 21.7 Å². The quantitative estimate of drug-likeness (QED) is 0.390. The van der Waals surface area contributed by atoms with Gasteiger partial charge in [-0.25, -0.2) is 0 Å². The van der Waals surface area contributed by atoms with Crippen LogP contribution in [0.25, 0.3) is 0 Å². The molecule has 0 aliphatic heterocycles. The molecule has 4 nitrogen and oxygen atoms in total. The van der Waals surface area contributed by atoms with Gasteiger partial charge in [-0.3, -0.25) is 9.59 Å². The Labute approximate surface area is 175 Å². The summed E-state index contributed by atoms with van der Waals surface area (Å²) in [7, 11) is 0. The Morgan fingerprint density at radius 3 is 2.28 bits per heavy atom. The number of hydrogen-bond acceptors (Lipinski definition) is 4. The molecule has 0 atom stereocenters. The van der Waals surface area contributed by atoms with E-state index in [1.807, 2.05) is 68.4 Å². The molecule has 0 aliphatic rings. The fraction of sp³-hybridized carbons (Fsp3) is 0.167. The molecule has 0 heterocycles. The van der Waals surface area contributed by atoms with Crippen molar-refractivity contribution in [3.63, 3.8) is 0 Å². The van der Waals surface area contributed by atoms with Crippen LogP contribution in [0, 0.1) is 6.92 Å². The molecular weight excluding hydrogens is 382 g/mol. The van der Waals surface area contributed by atoms with E-state index < -0.39 is 0 Å². The molecule has 0 spiro atoms. The molecule has 0 aliphatic carbocycles. The summed E-state index contributed by atoms with van der Waals surface area (Å²) in [6.07, 6.45) is 0. The molecule has 0 aromatic heterocycles. The van der Waals surface area contributed by atoms with Gasteiger partial charge in [0.1, 0.15) is 5.75 Å². The number of ether oxygens (including phenoxy) is 1. The topological polar surface area (TPSA) is 55.4 Å². The number of carbonyl (C=O) groups excluding carboxylic acids is 2. The fourth-order valence-corrected chi connectivity index (χ4v) is 3.59. The largest absolute Gasteiger partial charge is 0.494 e. The number of nitrogens with one attached hydrogen (secondary N) is 1. The predicted molar refractivity (Wildman–Crippen MR) is 118 cm³/mol. The van der Waals surface area contributed by atoms with E-state index in [4.69, 9.17) is 4.74 Å². The summed E-state index contributed by atoms with van der Waals surface area (Å²) in [5.74, 6) is 1.05. The standard InChI is InChI=1S/C24H23NO3S/c1-3-28-20-12-8-18(9-13-20)23(26)16-29-21-14-10-19(11-15-21)25-24(27)22-7-5-4-6-17(22)2/h4-15H,3,16H2,1-2H3,(H,25,27). The SMILES string of the molecule is CCOc1ccc(C(=O)CSc2ccc(NC(=O)c3ccccc3C)cc2)cc1. The third kappa shape index (κ3) is 5.72. The molecule has 0 radical (unpaired) electrons. The number of rotatable bonds is 8. The van der Waals surface area contributed by atoms with E-state index in [-0.39, 0.29) is 11.7 Å². The summed E-state index contributed by atoms with van der Waals surface area (Å²) in [4.78, 5) is 25.7. The highest BCUT2D eigenvalue weighted by molar-refractivity contribution is 8.00. The molecule has 5 heteroatoms. The van der Waals surface area contributed by atoms with Crippen molar-refractivity contribution in [2.75, 3.05) is 17.7 Å². The molecule has 0 unspecified atom stereocenters. The third-order valence-corrected chi connectivity index (χ3v) is 5.37. The van der Waals surface area contributed by atoms with Gasteiger partial charge < -0.3 is 10.1 Å². The number of carbonyl (C=O) groups is 2. The number of aryl methyl sites for hydroxylation is 1.